The Bertz CT molecular complexity index is 1390. The molecule has 0 N–H and O–H groups in total. The minimum absolute atomic E-state index is 0.138. The molecule has 4 aromatic rings. The molecule has 1 atom stereocenters. The topological polar surface area (TPSA) is 79.5 Å². The normalized spacial score (nSPS) is 19.0. The first-order valence-electron chi connectivity index (χ1n) is 10.5. The number of oxazole rings is 1. The first kappa shape index (κ1) is 19.7. The van der Waals surface area contributed by atoms with Gasteiger partial charge < -0.3 is 14.2 Å². The Morgan fingerprint density at radius 1 is 1.03 bits per heavy atom. The number of hydrogen-bond donors (Lipinski definition) is 0. The van der Waals surface area contributed by atoms with Gasteiger partial charge in [-0.2, -0.15) is 0 Å². The third-order valence-corrected chi connectivity index (χ3v) is 6.55. The number of carbonyl (C=O) groups is 2. The summed E-state index contributed by atoms with van der Waals surface area (Å²) in [5.41, 5.74) is 1.74. The van der Waals surface area contributed by atoms with Gasteiger partial charge in [-0.25, -0.2) is 4.98 Å². The molecule has 1 unspecified atom stereocenters. The number of amides is 2. The average Bonchev–Trinajstić information content (AvgIpc) is 3.55. The molecule has 1 saturated heterocycles. The van der Waals surface area contributed by atoms with Gasteiger partial charge in [0, 0.05) is 47.2 Å². The summed E-state index contributed by atoms with van der Waals surface area (Å²) in [4.78, 5) is 39.4. The summed E-state index contributed by atoms with van der Waals surface area (Å²) in [6.45, 7) is 0.711. The fourth-order valence-corrected chi connectivity index (χ4v) is 5.06. The highest BCUT2D eigenvalue weighted by molar-refractivity contribution is 6.30. The maximum atomic E-state index is 14.0. The highest BCUT2D eigenvalue weighted by Gasteiger charge is 2.60. The zero-order chi connectivity index (χ0) is 22.6. The van der Waals surface area contributed by atoms with E-state index in [0.717, 1.165) is 11.1 Å². The summed E-state index contributed by atoms with van der Waals surface area (Å²) in [6.07, 6.45) is 4.52. The molecule has 0 radical (unpaired) electrons. The molecule has 2 aromatic heterocycles. The smallest absolute Gasteiger partial charge is 0.278 e. The molecule has 162 valence electrons. The van der Waals surface area contributed by atoms with E-state index in [1.807, 2.05) is 42.5 Å². The van der Waals surface area contributed by atoms with Gasteiger partial charge >= 0.3 is 0 Å². The summed E-state index contributed by atoms with van der Waals surface area (Å²) in [5.74, 6) is -0.0771. The van der Waals surface area contributed by atoms with E-state index in [1.54, 1.807) is 40.4 Å². The Kier molecular flexibility index (Phi) is 4.35. The van der Waals surface area contributed by atoms with E-state index in [4.69, 9.17) is 16.0 Å². The largest absolute Gasteiger partial charge is 0.443 e. The summed E-state index contributed by atoms with van der Waals surface area (Å²) in [5, 5.41) is 0.566. The number of pyridine rings is 1. The van der Waals surface area contributed by atoms with Gasteiger partial charge in [-0.15, -0.1) is 0 Å². The average molecular weight is 457 g/mol. The van der Waals surface area contributed by atoms with Crippen LogP contribution in [0.2, 0.25) is 5.02 Å². The van der Waals surface area contributed by atoms with Crippen molar-refractivity contribution < 1.29 is 14.0 Å². The maximum Gasteiger partial charge on any atom is 0.278 e. The summed E-state index contributed by atoms with van der Waals surface area (Å²) in [6, 6.07) is 18.3. The number of rotatable bonds is 3. The predicted molar refractivity (Wildman–Crippen MR) is 120 cm³/mol. The van der Waals surface area contributed by atoms with Crippen molar-refractivity contribution >= 4 is 23.4 Å². The lowest BCUT2D eigenvalue weighted by Crippen LogP contribution is -2.51. The molecule has 0 saturated carbocycles. The summed E-state index contributed by atoms with van der Waals surface area (Å²) in [7, 11) is 0. The fourth-order valence-electron chi connectivity index (χ4n) is 4.93. The second-order valence-corrected chi connectivity index (χ2v) is 8.35. The standard InChI is InChI=1S/C25H17ClN4O3/c26-18-8-6-17(7-9-18)25-20-14-27-11-10-19(20)23(31)29(25)12-13-30(25)24(32)21-22(33-15-28-21)16-4-2-1-3-5-16/h1-11,14-15H,12-13H2. The number of hydrogen-bond acceptors (Lipinski definition) is 5. The SMILES string of the molecule is O=C1c2ccncc2C2(c3ccc(Cl)cc3)N1CCN2C(=O)c1ncoc1-c1ccccc1. The molecule has 1 fully saturated rings. The summed E-state index contributed by atoms with van der Waals surface area (Å²) < 4.78 is 5.62. The van der Waals surface area contributed by atoms with Crippen LogP contribution >= 0.6 is 11.6 Å². The molecule has 33 heavy (non-hydrogen) atoms. The number of nitrogens with zero attached hydrogens (tertiary/aromatic N) is 4. The van der Waals surface area contributed by atoms with Crippen molar-refractivity contribution in [1.82, 2.24) is 19.8 Å². The monoisotopic (exact) mass is 456 g/mol. The quantitative estimate of drug-likeness (QED) is 0.461. The van der Waals surface area contributed by atoms with Crippen LogP contribution in [0.3, 0.4) is 0 Å². The van der Waals surface area contributed by atoms with Gasteiger partial charge in [0.15, 0.2) is 23.5 Å². The highest BCUT2D eigenvalue weighted by atomic mass is 35.5. The van der Waals surface area contributed by atoms with E-state index in [2.05, 4.69) is 9.97 Å². The lowest BCUT2D eigenvalue weighted by atomic mass is 9.90. The predicted octanol–water partition coefficient (Wildman–Crippen LogP) is 4.20. The minimum Gasteiger partial charge on any atom is -0.443 e. The van der Waals surface area contributed by atoms with Gasteiger partial charge in [-0.1, -0.05) is 54.1 Å². The molecule has 0 spiro atoms. The molecule has 8 heteroatoms. The number of carbonyl (C=O) groups excluding carboxylic acids is 2. The van der Waals surface area contributed by atoms with Crippen LogP contribution < -0.4 is 0 Å². The zero-order valence-electron chi connectivity index (χ0n) is 17.3. The lowest BCUT2D eigenvalue weighted by Gasteiger charge is -2.40. The molecule has 2 amide bonds. The van der Waals surface area contributed by atoms with E-state index < -0.39 is 5.66 Å². The van der Waals surface area contributed by atoms with E-state index in [9.17, 15) is 9.59 Å². The Morgan fingerprint density at radius 2 is 1.82 bits per heavy atom. The molecule has 2 aliphatic rings. The molecule has 0 aliphatic carbocycles. The van der Waals surface area contributed by atoms with E-state index >= 15 is 0 Å². The van der Waals surface area contributed by atoms with Crippen molar-refractivity contribution in [3.63, 3.8) is 0 Å². The lowest BCUT2D eigenvalue weighted by molar-refractivity contribution is 0.0371. The van der Waals surface area contributed by atoms with Crippen molar-refractivity contribution in [2.75, 3.05) is 13.1 Å². The molecule has 4 heterocycles. The van der Waals surface area contributed by atoms with E-state index in [0.29, 0.717) is 35.0 Å². The first-order chi connectivity index (χ1) is 16.1. The van der Waals surface area contributed by atoms with Gasteiger partial charge in [0.1, 0.15) is 0 Å². The van der Waals surface area contributed by atoms with Crippen LogP contribution in [0.25, 0.3) is 11.3 Å². The van der Waals surface area contributed by atoms with Crippen LogP contribution in [0.5, 0.6) is 0 Å². The first-order valence-corrected chi connectivity index (χ1v) is 10.8. The van der Waals surface area contributed by atoms with Gasteiger partial charge in [-0.3, -0.25) is 14.6 Å². The number of fused-ring (bicyclic) bond motifs is 3. The van der Waals surface area contributed by atoms with Crippen molar-refractivity contribution in [2.45, 2.75) is 5.66 Å². The van der Waals surface area contributed by atoms with Gasteiger partial charge in [0.2, 0.25) is 0 Å². The van der Waals surface area contributed by atoms with Gasteiger partial charge in [0.25, 0.3) is 11.8 Å². The van der Waals surface area contributed by atoms with Crippen molar-refractivity contribution in [3.8, 4) is 11.3 Å². The van der Waals surface area contributed by atoms with Crippen LogP contribution in [0.4, 0.5) is 0 Å². The third-order valence-electron chi connectivity index (χ3n) is 6.30. The number of halogens is 1. The molecular formula is C25H17ClN4O3. The number of aromatic nitrogens is 2. The van der Waals surface area contributed by atoms with Crippen molar-refractivity contribution in [2.24, 2.45) is 0 Å². The zero-order valence-corrected chi connectivity index (χ0v) is 18.1. The van der Waals surface area contributed by atoms with E-state index in [-0.39, 0.29) is 17.5 Å². The van der Waals surface area contributed by atoms with Crippen LogP contribution in [0, 0.1) is 0 Å². The van der Waals surface area contributed by atoms with Crippen molar-refractivity contribution in [3.05, 3.63) is 107 Å². The van der Waals surface area contributed by atoms with Gasteiger partial charge in [0.05, 0.1) is 5.56 Å². The molecule has 6 rings (SSSR count). The van der Waals surface area contributed by atoms with Crippen molar-refractivity contribution in [1.29, 1.82) is 0 Å². The van der Waals surface area contributed by atoms with Crippen LogP contribution in [0.1, 0.15) is 32.0 Å². The molecular weight excluding hydrogens is 440 g/mol. The molecule has 0 bridgehead atoms. The third kappa shape index (κ3) is 2.69. The van der Waals surface area contributed by atoms with Crippen LogP contribution in [-0.2, 0) is 5.66 Å². The Hall–Kier alpha value is -3.97. The Morgan fingerprint density at radius 3 is 2.61 bits per heavy atom. The second-order valence-electron chi connectivity index (χ2n) is 7.91. The van der Waals surface area contributed by atoms with E-state index in [1.165, 1.54) is 6.39 Å². The Labute approximate surface area is 194 Å². The van der Waals surface area contributed by atoms with Gasteiger partial charge in [-0.05, 0) is 18.2 Å². The summed E-state index contributed by atoms with van der Waals surface area (Å²) >= 11 is 6.16. The molecule has 2 aromatic carbocycles. The maximum absolute atomic E-state index is 14.0. The number of benzene rings is 2. The molecule has 7 nitrogen and oxygen atoms in total. The fraction of sp³-hybridized carbons (Fsp3) is 0.120. The van der Waals surface area contributed by atoms with Crippen LogP contribution in [0.15, 0.2) is 83.9 Å². The highest BCUT2D eigenvalue weighted by Crippen LogP contribution is 2.50. The Balaban J connectivity index is 1.55. The molecule has 2 aliphatic heterocycles. The minimum atomic E-state index is -1.14. The van der Waals surface area contributed by atoms with Crippen LogP contribution in [-0.4, -0.2) is 44.7 Å². The second kappa shape index (κ2) is 7.28.